The summed E-state index contributed by atoms with van der Waals surface area (Å²) in [6.45, 7) is 13.0. The van der Waals surface area contributed by atoms with Crippen molar-refractivity contribution in [1.29, 1.82) is 0 Å². The standard InChI is InChI=1S/2C19H24NO2.3Y/c2*1-12-5-6-19-7-8-20(3)11-14-13(2)10-15(21-4)18(17(14)19)22-16(19)9-12;;;/h2*5-6,10,16H,7-9,11H2,1-4H3;;;/q2*-1;;;/t2*16-,19-;;;/m10.../s1. The first kappa shape index (κ1) is 39.9. The van der Waals surface area contributed by atoms with Crippen molar-refractivity contribution in [2.24, 2.45) is 0 Å². The molecule has 4 aliphatic heterocycles. The summed E-state index contributed by atoms with van der Waals surface area (Å²) in [6.07, 6.45) is 14.1. The van der Waals surface area contributed by atoms with Crippen molar-refractivity contribution >= 4 is 0 Å². The zero-order valence-corrected chi connectivity index (χ0v) is 38.1. The molecule has 0 aromatic heterocycles. The molecular weight excluding hydrogens is 815 g/mol. The molecule has 2 spiro atoms. The second-order valence-corrected chi connectivity index (χ2v) is 14.2. The maximum atomic E-state index is 6.45. The SMILES string of the molecule is COc1cc(C)c2c3c1O[C@@H]1C[C-](C)C=C[C@]31CCN(C)C2.COc1cc(C)c2c3c1O[C@H]1C[C-](C)C=C[C@@]31CCN(C)C2.[Y].[Y].[Y]. The second-order valence-electron chi connectivity index (χ2n) is 14.2. The zero-order valence-electron chi connectivity index (χ0n) is 29.5. The number of ether oxygens (including phenoxy) is 4. The second kappa shape index (κ2) is 15.4. The summed E-state index contributed by atoms with van der Waals surface area (Å²) >= 11 is 0. The zero-order chi connectivity index (χ0) is 31.0. The third-order valence-electron chi connectivity index (χ3n) is 11.2. The third kappa shape index (κ3) is 6.65. The van der Waals surface area contributed by atoms with Gasteiger partial charge in [-0.15, -0.1) is 13.8 Å². The van der Waals surface area contributed by atoms with E-state index in [1.54, 1.807) is 14.2 Å². The quantitative estimate of drug-likeness (QED) is 0.311. The van der Waals surface area contributed by atoms with Gasteiger partial charge in [-0.25, -0.2) is 36.1 Å². The van der Waals surface area contributed by atoms with E-state index in [1.807, 2.05) is 0 Å². The Bertz CT molecular complexity index is 1430. The van der Waals surface area contributed by atoms with Crippen LogP contribution in [0.15, 0.2) is 36.4 Å². The van der Waals surface area contributed by atoms with E-state index in [2.05, 4.69) is 88.0 Å². The molecule has 4 heterocycles. The molecule has 9 heteroatoms. The minimum atomic E-state index is 0. The van der Waals surface area contributed by atoms with Gasteiger partial charge < -0.3 is 28.7 Å². The van der Waals surface area contributed by atoms with E-state index in [-0.39, 0.29) is 121 Å². The maximum Gasteiger partial charge on any atom is 0.164 e. The molecule has 47 heavy (non-hydrogen) atoms. The monoisotopic (exact) mass is 863 g/mol. The molecule has 8 rings (SSSR count). The molecule has 4 atom stereocenters. The fourth-order valence-electron chi connectivity index (χ4n) is 8.68. The summed E-state index contributed by atoms with van der Waals surface area (Å²) in [5.74, 6) is 6.56. The van der Waals surface area contributed by atoms with Gasteiger partial charge in [-0.1, -0.05) is 12.8 Å². The van der Waals surface area contributed by atoms with Gasteiger partial charge in [-0.3, -0.25) is 0 Å². The molecule has 2 aromatic rings. The molecule has 2 aromatic carbocycles. The largest absolute Gasteiger partial charge is 0.493 e. The Balaban J connectivity index is 0.000000200. The molecule has 0 bridgehead atoms. The molecule has 245 valence electrons. The Morgan fingerprint density at radius 3 is 1.45 bits per heavy atom. The van der Waals surface area contributed by atoms with E-state index in [4.69, 9.17) is 18.9 Å². The number of nitrogens with zero attached hydrogens (tertiary/aromatic N) is 2. The van der Waals surface area contributed by atoms with Crippen molar-refractivity contribution in [2.45, 2.75) is 89.5 Å². The van der Waals surface area contributed by atoms with Gasteiger partial charge in [0.25, 0.3) is 0 Å². The first-order valence-corrected chi connectivity index (χ1v) is 16.3. The molecular formula is C38H48N2O4Y3-2. The van der Waals surface area contributed by atoms with E-state index in [1.165, 1.54) is 45.2 Å². The van der Waals surface area contributed by atoms with Crippen molar-refractivity contribution in [1.82, 2.24) is 9.80 Å². The molecule has 0 N–H and O–H groups in total. The van der Waals surface area contributed by atoms with Crippen LogP contribution in [0.25, 0.3) is 0 Å². The van der Waals surface area contributed by atoms with Gasteiger partial charge in [0.1, 0.15) is 0 Å². The van der Waals surface area contributed by atoms with Crippen LogP contribution in [0.3, 0.4) is 0 Å². The van der Waals surface area contributed by atoms with Gasteiger partial charge in [-0.05, 0) is 110 Å². The van der Waals surface area contributed by atoms with Crippen molar-refractivity contribution < 1.29 is 117 Å². The molecule has 6 nitrogen and oxygen atoms in total. The molecule has 0 unspecified atom stereocenters. The van der Waals surface area contributed by atoms with Gasteiger partial charge in [-0.2, -0.15) is 0 Å². The Morgan fingerprint density at radius 2 is 1.09 bits per heavy atom. The fourth-order valence-corrected chi connectivity index (χ4v) is 8.68. The van der Waals surface area contributed by atoms with Gasteiger partial charge in [0.2, 0.25) is 0 Å². The number of methoxy groups -OCH3 is 2. The fraction of sp³-hybridized carbons (Fsp3) is 0.526. The van der Waals surface area contributed by atoms with E-state index in [0.29, 0.717) is 0 Å². The number of hydrogen-bond acceptors (Lipinski definition) is 6. The van der Waals surface area contributed by atoms with Crippen LogP contribution < -0.4 is 18.9 Å². The third-order valence-corrected chi connectivity index (χ3v) is 11.2. The van der Waals surface area contributed by atoms with E-state index in [9.17, 15) is 0 Å². The number of rotatable bonds is 2. The summed E-state index contributed by atoms with van der Waals surface area (Å²) in [6, 6.07) is 4.28. The molecule has 0 saturated carbocycles. The van der Waals surface area contributed by atoms with Crippen LogP contribution in [0.5, 0.6) is 23.0 Å². The van der Waals surface area contributed by atoms with Crippen molar-refractivity contribution in [3.63, 3.8) is 0 Å². The van der Waals surface area contributed by atoms with Gasteiger partial charge in [0.15, 0.2) is 23.0 Å². The van der Waals surface area contributed by atoms with Crippen molar-refractivity contribution in [2.75, 3.05) is 41.4 Å². The summed E-state index contributed by atoms with van der Waals surface area (Å²) in [5.41, 5.74) is 8.32. The van der Waals surface area contributed by atoms with Crippen molar-refractivity contribution in [3.8, 4) is 23.0 Å². The van der Waals surface area contributed by atoms with Crippen LogP contribution in [0, 0.1) is 25.7 Å². The molecule has 0 saturated heterocycles. The van der Waals surface area contributed by atoms with Gasteiger partial charge in [0.05, 0.1) is 26.4 Å². The Morgan fingerprint density at radius 1 is 0.702 bits per heavy atom. The number of aryl methyl sites for hydroxylation is 2. The molecule has 2 aliphatic carbocycles. The number of benzene rings is 2. The Hall–Kier alpha value is 0.0917. The summed E-state index contributed by atoms with van der Waals surface area (Å²) in [7, 11) is 7.92. The Labute approximate surface area is 358 Å². The minimum absolute atomic E-state index is 0. The van der Waals surface area contributed by atoms with Gasteiger partial charge >= 0.3 is 0 Å². The first-order valence-electron chi connectivity index (χ1n) is 16.3. The summed E-state index contributed by atoms with van der Waals surface area (Å²) in [4.78, 5) is 4.86. The normalized spacial score (nSPS) is 27.7. The molecule has 0 fully saturated rings. The van der Waals surface area contributed by atoms with Crippen LogP contribution in [0.1, 0.15) is 72.9 Å². The van der Waals surface area contributed by atoms with E-state index < -0.39 is 0 Å². The molecule has 0 amide bonds. The van der Waals surface area contributed by atoms with Crippen LogP contribution in [-0.2, 0) is 122 Å². The van der Waals surface area contributed by atoms with Crippen LogP contribution in [0.4, 0.5) is 0 Å². The average Bonchev–Trinajstić information content (AvgIpc) is 3.39. The van der Waals surface area contributed by atoms with E-state index in [0.717, 1.165) is 74.9 Å². The van der Waals surface area contributed by atoms with Crippen LogP contribution >= 0.6 is 0 Å². The van der Waals surface area contributed by atoms with Gasteiger partial charge in [0, 0.05) is 111 Å². The first-order chi connectivity index (χ1) is 21.1. The number of hydrogen-bond donors (Lipinski definition) is 0. The minimum Gasteiger partial charge on any atom is -0.493 e. The van der Waals surface area contributed by atoms with Crippen molar-refractivity contribution in [3.05, 3.63) is 81.7 Å². The number of allylic oxidation sites excluding steroid dienone is 2. The average molecular weight is 864 g/mol. The maximum absolute atomic E-state index is 6.45. The Kier molecular flexibility index (Phi) is 13.0. The van der Waals surface area contributed by atoms with Crippen LogP contribution in [0.2, 0.25) is 0 Å². The molecule has 3 radical (unpaired) electrons. The molecule has 6 aliphatic rings. The topological polar surface area (TPSA) is 43.4 Å². The van der Waals surface area contributed by atoms with Crippen LogP contribution in [-0.4, -0.2) is 63.4 Å². The smallest absolute Gasteiger partial charge is 0.164 e. The summed E-state index contributed by atoms with van der Waals surface area (Å²) in [5, 5.41) is 0. The van der Waals surface area contributed by atoms with E-state index >= 15 is 0 Å². The summed E-state index contributed by atoms with van der Waals surface area (Å²) < 4.78 is 24.2. The predicted octanol–water partition coefficient (Wildman–Crippen LogP) is 6.78. The predicted molar refractivity (Wildman–Crippen MR) is 175 cm³/mol.